The molecule has 0 spiro atoms. The van der Waals surface area contributed by atoms with E-state index in [2.05, 4.69) is 21.5 Å². The molecule has 5 heteroatoms. The van der Waals surface area contributed by atoms with Crippen molar-refractivity contribution in [3.05, 3.63) is 48.5 Å². The van der Waals surface area contributed by atoms with Crippen molar-refractivity contribution in [1.29, 1.82) is 0 Å². The van der Waals surface area contributed by atoms with Crippen molar-refractivity contribution in [2.45, 2.75) is 6.54 Å². The molecule has 2 aromatic rings. The third kappa shape index (κ3) is 4.26. The molecule has 0 aliphatic heterocycles. The van der Waals surface area contributed by atoms with Gasteiger partial charge in [0.25, 0.3) is 0 Å². The summed E-state index contributed by atoms with van der Waals surface area (Å²) in [5.41, 5.74) is 1.87. The molecule has 102 valence electrons. The van der Waals surface area contributed by atoms with Gasteiger partial charge >= 0.3 is 0 Å². The van der Waals surface area contributed by atoms with Gasteiger partial charge in [-0.3, -0.25) is 10.1 Å². The first-order valence-corrected chi connectivity index (χ1v) is 6.26. The molecule has 1 aromatic heterocycles. The van der Waals surface area contributed by atoms with Crippen LogP contribution in [0.25, 0.3) is 0 Å². The van der Waals surface area contributed by atoms with Crippen LogP contribution in [0.5, 0.6) is 0 Å². The van der Waals surface area contributed by atoms with Gasteiger partial charge in [0.15, 0.2) is 0 Å². The molecule has 0 saturated carbocycles. The third-order valence-electron chi connectivity index (χ3n) is 2.65. The molecule has 0 radical (unpaired) electrons. The minimum atomic E-state index is -0.111. The Kier molecular flexibility index (Phi) is 4.93. The first-order chi connectivity index (χ1) is 9.78. The van der Waals surface area contributed by atoms with Gasteiger partial charge in [-0.15, -0.1) is 6.42 Å². The van der Waals surface area contributed by atoms with Gasteiger partial charge in [-0.2, -0.15) is 0 Å². The van der Waals surface area contributed by atoms with Crippen molar-refractivity contribution >= 4 is 11.6 Å². The van der Waals surface area contributed by atoms with Gasteiger partial charge in [-0.1, -0.05) is 18.1 Å². The van der Waals surface area contributed by atoms with Crippen molar-refractivity contribution in [1.82, 2.24) is 14.9 Å². The topological polar surface area (TPSA) is 59.0 Å². The molecule has 1 aromatic carbocycles. The third-order valence-corrected chi connectivity index (χ3v) is 2.65. The molecule has 2 N–H and O–H groups in total. The highest BCUT2D eigenvalue weighted by molar-refractivity contribution is 5.92. The maximum absolute atomic E-state index is 11.7. The Labute approximate surface area is 118 Å². The predicted molar refractivity (Wildman–Crippen MR) is 78.1 cm³/mol. The van der Waals surface area contributed by atoms with E-state index in [1.54, 1.807) is 12.5 Å². The quantitative estimate of drug-likeness (QED) is 0.609. The number of nitrogens with zero attached hydrogens (tertiary/aromatic N) is 2. The fourth-order valence-electron chi connectivity index (χ4n) is 1.79. The molecular formula is C15H16N4O. The van der Waals surface area contributed by atoms with Gasteiger partial charge in [0.2, 0.25) is 5.91 Å². The van der Waals surface area contributed by atoms with Gasteiger partial charge < -0.3 is 9.88 Å². The van der Waals surface area contributed by atoms with Crippen LogP contribution >= 0.6 is 0 Å². The zero-order valence-electron chi connectivity index (χ0n) is 11.0. The Morgan fingerprint density at radius 1 is 1.45 bits per heavy atom. The van der Waals surface area contributed by atoms with Gasteiger partial charge in [0.1, 0.15) is 0 Å². The van der Waals surface area contributed by atoms with E-state index in [-0.39, 0.29) is 12.5 Å². The van der Waals surface area contributed by atoms with E-state index in [4.69, 9.17) is 6.42 Å². The first-order valence-electron chi connectivity index (χ1n) is 6.26. The van der Waals surface area contributed by atoms with E-state index < -0.39 is 0 Å². The Bertz CT molecular complexity index is 599. The molecule has 0 bridgehead atoms. The number of imidazole rings is 1. The standard InChI is InChI=1S/C15H16N4O/c1-2-6-16-10-15(20)18-14-5-3-4-13(9-14)11-19-8-7-17-12-19/h1,3-5,7-9,12,16H,6,10-11H2,(H,18,20). The number of carbonyl (C=O) groups is 1. The zero-order chi connectivity index (χ0) is 14.2. The number of nitrogens with one attached hydrogen (secondary N) is 2. The van der Waals surface area contributed by atoms with E-state index in [0.717, 1.165) is 17.8 Å². The van der Waals surface area contributed by atoms with Crippen molar-refractivity contribution in [3.63, 3.8) is 0 Å². The van der Waals surface area contributed by atoms with Crippen molar-refractivity contribution in [2.24, 2.45) is 0 Å². The van der Waals surface area contributed by atoms with Crippen LogP contribution in [0.2, 0.25) is 0 Å². The highest BCUT2D eigenvalue weighted by Gasteiger charge is 2.02. The van der Waals surface area contributed by atoms with Crippen LogP contribution in [0.4, 0.5) is 5.69 Å². The van der Waals surface area contributed by atoms with Crippen LogP contribution in [0.15, 0.2) is 43.0 Å². The molecule has 0 atom stereocenters. The van der Waals surface area contributed by atoms with Gasteiger partial charge in [0, 0.05) is 24.6 Å². The lowest BCUT2D eigenvalue weighted by Crippen LogP contribution is -2.28. The van der Waals surface area contributed by atoms with Crippen LogP contribution in [0, 0.1) is 12.3 Å². The van der Waals surface area contributed by atoms with E-state index in [9.17, 15) is 4.79 Å². The lowest BCUT2D eigenvalue weighted by atomic mass is 10.2. The highest BCUT2D eigenvalue weighted by atomic mass is 16.1. The number of terminal acetylenes is 1. The maximum atomic E-state index is 11.7. The molecule has 0 saturated heterocycles. The van der Waals surface area contributed by atoms with Gasteiger partial charge in [-0.25, -0.2) is 4.98 Å². The Balaban J connectivity index is 1.92. The minimum absolute atomic E-state index is 0.111. The summed E-state index contributed by atoms with van der Waals surface area (Å²) in [6.45, 7) is 1.31. The Morgan fingerprint density at radius 2 is 2.35 bits per heavy atom. The summed E-state index contributed by atoms with van der Waals surface area (Å²) in [6.07, 6.45) is 10.5. The summed E-state index contributed by atoms with van der Waals surface area (Å²) < 4.78 is 1.97. The second-order valence-corrected chi connectivity index (χ2v) is 4.29. The maximum Gasteiger partial charge on any atom is 0.238 e. The normalized spacial score (nSPS) is 9.95. The summed E-state index contributed by atoms with van der Waals surface area (Å²) in [5.74, 6) is 2.31. The fourth-order valence-corrected chi connectivity index (χ4v) is 1.79. The summed E-state index contributed by atoms with van der Waals surface area (Å²) in [7, 11) is 0. The molecule has 0 unspecified atom stereocenters. The number of anilines is 1. The Morgan fingerprint density at radius 3 is 3.10 bits per heavy atom. The molecule has 0 aliphatic rings. The first kappa shape index (κ1) is 13.8. The fraction of sp³-hybridized carbons (Fsp3) is 0.200. The SMILES string of the molecule is C#CCNCC(=O)Nc1cccc(Cn2ccnc2)c1. The number of amides is 1. The van der Waals surface area contributed by atoms with Gasteiger partial charge in [-0.05, 0) is 17.7 Å². The Hall–Kier alpha value is -2.58. The van der Waals surface area contributed by atoms with Crippen LogP contribution in [-0.2, 0) is 11.3 Å². The molecule has 0 aliphatic carbocycles. The zero-order valence-corrected chi connectivity index (χ0v) is 11.0. The number of benzene rings is 1. The monoisotopic (exact) mass is 268 g/mol. The van der Waals surface area contributed by atoms with Crippen LogP contribution in [0.3, 0.4) is 0 Å². The number of aromatic nitrogens is 2. The van der Waals surface area contributed by atoms with Crippen molar-refractivity contribution < 1.29 is 4.79 Å². The summed E-state index contributed by atoms with van der Waals surface area (Å²) in [4.78, 5) is 15.7. The summed E-state index contributed by atoms with van der Waals surface area (Å²) in [6, 6.07) is 7.72. The predicted octanol–water partition coefficient (Wildman–Crippen LogP) is 1.09. The van der Waals surface area contributed by atoms with Crippen LogP contribution in [-0.4, -0.2) is 28.5 Å². The number of carbonyl (C=O) groups excluding carboxylic acids is 1. The smallest absolute Gasteiger partial charge is 0.238 e. The van der Waals surface area contributed by atoms with Crippen LogP contribution < -0.4 is 10.6 Å². The summed E-state index contributed by atoms with van der Waals surface area (Å²) in [5, 5.41) is 5.67. The summed E-state index contributed by atoms with van der Waals surface area (Å²) >= 11 is 0. The van der Waals surface area contributed by atoms with Crippen molar-refractivity contribution in [2.75, 3.05) is 18.4 Å². The molecule has 5 nitrogen and oxygen atoms in total. The second-order valence-electron chi connectivity index (χ2n) is 4.29. The highest BCUT2D eigenvalue weighted by Crippen LogP contribution is 2.11. The molecular weight excluding hydrogens is 252 g/mol. The molecule has 2 rings (SSSR count). The second kappa shape index (κ2) is 7.12. The van der Waals surface area contributed by atoms with E-state index >= 15 is 0 Å². The van der Waals surface area contributed by atoms with E-state index in [1.165, 1.54) is 0 Å². The molecule has 1 amide bonds. The number of hydrogen-bond donors (Lipinski definition) is 2. The molecule has 0 fully saturated rings. The van der Waals surface area contributed by atoms with Crippen molar-refractivity contribution in [3.8, 4) is 12.3 Å². The molecule has 1 heterocycles. The average molecular weight is 268 g/mol. The largest absolute Gasteiger partial charge is 0.333 e. The average Bonchev–Trinajstić information content (AvgIpc) is 2.92. The minimum Gasteiger partial charge on any atom is -0.333 e. The lowest BCUT2D eigenvalue weighted by Gasteiger charge is -2.08. The van der Waals surface area contributed by atoms with E-state index in [0.29, 0.717) is 6.54 Å². The lowest BCUT2D eigenvalue weighted by molar-refractivity contribution is -0.115. The van der Waals surface area contributed by atoms with Crippen LogP contribution in [0.1, 0.15) is 5.56 Å². The molecule has 20 heavy (non-hydrogen) atoms. The van der Waals surface area contributed by atoms with Gasteiger partial charge in [0.05, 0.1) is 19.4 Å². The number of hydrogen-bond acceptors (Lipinski definition) is 3. The number of rotatable bonds is 6. The van der Waals surface area contributed by atoms with E-state index in [1.807, 2.05) is 35.0 Å².